The zero-order valence-corrected chi connectivity index (χ0v) is 12.3. The fourth-order valence-electron chi connectivity index (χ4n) is 1.95. The van der Waals surface area contributed by atoms with Gasteiger partial charge < -0.3 is 9.47 Å². The average Bonchev–Trinajstić information content (AvgIpc) is 2.62. The van der Waals surface area contributed by atoms with Gasteiger partial charge in [0.2, 0.25) is 0 Å². The number of aromatic nitrogens is 2. The van der Waals surface area contributed by atoms with Gasteiger partial charge in [0, 0.05) is 18.0 Å². The second kappa shape index (κ2) is 5.34. The lowest BCUT2D eigenvalue weighted by Gasteiger charge is -2.16. The van der Waals surface area contributed by atoms with Crippen LogP contribution in [0.2, 0.25) is 0 Å². The molecule has 1 aliphatic heterocycles. The lowest BCUT2D eigenvalue weighted by Crippen LogP contribution is -2.28. The Bertz CT molecular complexity index is 572. The number of nitrogens with two attached hydrogens (primary N) is 1. The third-order valence-electron chi connectivity index (χ3n) is 2.71. The Hall–Kier alpha value is -1.13. The summed E-state index contributed by atoms with van der Waals surface area (Å²) in [6, 6.07) is 0. The Kier molecular flexibility index (Phi) is 4.07. The molecule has 8 nitrogen and oxygen atoms in total. The van der Waals surface area contributed by atoms with E-state index in [-0.39, 0.29) is 6.61 Å². The molecule has 1 aromatic rings. The topological polar surface area (TPSA) is 114 Å². The van der Waals surface area contributed by atoms with Crippen molar-refractivity contribution in [3.63, 3.8) is 0 Å². The van der Waals surface area contributed by atoms with Crippen molar-refractivity contribution < 1.29 is 22.1 Å². The largest absolute Gasteiger partial charge is 0.342 e. The molecule has 0 aliphatic carbocycles. The van der Waals surface area contributed by atoms with Crippen LogP contribution in [0.5, 0.6) is 0 Å². The maximum absolute atomic E-state index is 10.9. The molecule has 0 amide bonds. The zero-order valence-electron chi connectivity index (χ0n) is 11.4. The van der Waals surface area contributed by atoms with Gasteiger partial charge in [-0.05, 0) is 20.8 Å². The van der Waals surface area contributed by atoms with Crippen molar-refractivity contribution >= 4 is 10.3 Å². The van der Waals surface area contributed by atoms with E-state index in [1.807, 2.05) is 0 Å². The van der Waals surface area contributed by atoms with Crippen LogP contribution in [0, 0.1) is 6.92 Å². The number of rotatable bonds is 4. The molecule has 20 heavy (non-hydrogen) atoms. The van der Waals surface area contributed by atoms with Crippen molar-refractivity contribution in [2.24, 2.45) is 5.14 Å². The Labute approximate surface area is 117 Å². The summed E-state index contributed by atoms with van der Waals surface area (Å²) in [7, 11) is -4.03. The second-order valence-corrected chi connectivity index (χ2v) is 6.16. The average molecular weight is 303 g/mol. The molecule has 1 aromatic heterocycles. The maximum atomic E-state index is 10.9. The number of hydrogen-bond donors (Lipinski definition) is 1. The molecule has 0 bridgehead atoms. The first-order valence-electron chi connectivity index (χ1n) is 5.98. The highest BCUT2D eigenvalue weighted by atomic mass is 32.2. The standard InChI is InChI=1S/C11H17N3O5S/c1-7-13-4-8(5-14-7)10-9(6-17-20(12,15)16)18-11(2,3)19-10/h4-5,9-10H,6H2,1-3H3,(H2,12,15,16). The number of aryl methyl sites for hydroxylation is 1. The van der Waals surface area contributed by atoms with Gasteiger partial charge in [-0.15, -0.1) is 0 Å². The van der Waals surface area contributed by atoms with Gasteiger partial charge in [-0.2, -0.15) is 8.42 Å². The van der Waals surface area contributed by atoms with Gasteiger partial charge in [-0.3, -0.25) is 4.18 Å². The lowest BCUT2D eigenvalue weighted by atomic mass is 10.1. The molecule has 0 spiro atoms. The summed E-state index contributed by atoms with van der Waals surface area (Å²) in [5.74, 6) is -0.230. The lowest BCUT2D eigenvalue weighted by molar-refractivity contribution is -0.148. The van der Waals surface area contributed by atoms with Crippen molar-refractivity contribution in [3.8, 4) is 0 Å². The van der Waals surface area contributed by atoms with Crippen molar-refractivity contribution in [2.45, 2.75) is 38.8 Å². The summed E-state index contributed by atoms with van der Waals surface area (Å²) in [4.78, 5) is 8.17. The first kappa shape index (κ1) is 15.3. The van der Waals surface area contributed by atoms with Gasteiger partial charge in [-0.1, -0.05) is 0 Å². The molecule has 2 heterocycles. The quantitative estimate of drug-likeness (QED) is 0.845. The number of hydrogen-bond acceptors (Lipinski definition) is 7. The van der Waals surface area contributed by atoms with E-state index in [4.69, 9.17) is 14.6 Å². The van der Waals surface area contributed by atoms with Gasteiger partial charge in [0.25, 0.3) is 0 Å². The van der Waals surface area contributed by atoms with Crippen LogP contribution in [0.15, 0.2) is 12.4 Å². The molecule has 2 unspecified atom stereocenters. The molecule has 1 aliphatic rings. The van der Waals surface area contributed by atoms with Gasteiger partial charge in [0.1, 0.15) is 18.0 Å². The molecule has 0 aromatic carbocycles. The predicted molar refractivity (Wildman–Crippen MR) is 68.6 cm³/mol. The first-order chi connectivity index (χ1) is 9.16. The van der Waals surface area contributed by atoms with Crippen molar-refractivity contribution in [2.75, 3.05) is 6.61 Å². The van der Waals surface area contributed by atoms with Crippen LogP contribution in [-0.4, -0.2) is 36.9 Å². The third-order valence-corrected chi connectivity index (χ3v) is 3.17. The highest BCUT2D eigenvalue weighted by Crippen LogP contribution is 2.37. The summed E-state index contributed by atoms with van der Waals surface area (Å²) in [5, 5.41) is 4.81. The number of ether oxygens (including phenoxy) is 2. The van der Waals surface area contributed by atoms with Crippen molar-refractivity contribution in [3.05, 3.63) is 23.8 Å². The van der Waals surface area contributed by atoms with Crippen LogP contribution >= 0.6 is 0 Å². The third kappa shape index (κ3) is 3.93. The van der Waals surface area contributed by atoms with E-state index in [0.717, 1.165) is 0 Å². The normalized spacial score (nSPS) is 25.8. The smallest absolute Gasteiger partial charge is 0.333 e. The van der Waals surface area contributed by atoms with E-state index < -0.39 is 28.3 Å². The molecule has 2 N–H and O–H groups in total. The fourth-order valence-corrected chi connectivity index (χ4v) is 2.28. The van der Waals surface area contributed by atoms with Crippen LogP contribution in [0.1, 0.15) is 31.3 Å². The minimum atomic E-state index is -4.03. The molecule has 1 fully saturated rings. The Morgan fingerprint density at radius 2 is 1.95 bits per heavy atom. The minimum Gasteiger partial charge on any atom is -0.342 e. The highest BCUT2D eigenvalue weighted by Gasteiger charge is 2.43. The van der Waals surface area contributed by atoms with Gasteiger partial charge in [0.05, 0.1) is 6.61 Å². The van der Waals surface area contributed by atoms with Crippen LogP contribution in [0.4, 0.5) is 0 Å². The highest BCUT2D eigenvalue weighted by molar-refractivity contribution is 7.84. The van der Waals surface area contributed by atoms with Gasteiger partial charge >= 0.3 is 10.3 Å². The molecular formula is C11H17N3O5S. The summed E-state index contributed by atoms with van der Waals surface area (Å²) >= 11 is 0. The Morgan fingerprint density at radius 1 is 1.35 bits per heavy atom. The zero-order chi connectivity index (χ0) is 15.0. The van der Waals surface area contributed by atoms with E-state index >= 15 is 0 Å². The SMILES string of the molecule is Cc1ncc(C2OC(C)(C)OC2COS(N)(=O)=O)cn1. The predicted octanol–water partition coefficient (Wildman–Crippen LogP) is 0.198. The van der Waals surface area contributed by atoms with Crippen LogP contribution in [0.3, 0.4) is 0 Å². The maximum Gasteiger partial charge on any atom is 0.333 e. The Balaban J connectivity index is 2.17. The second-order valence-electron chi connectivity index (χ2n) is 4.94. The summed E-state index contributed by atoms with van der Waals surface area (Å²) in [6.45, 7) is 4.99. The van der Waals surface area contributed by atoms with Crippen LogP contribution in [0.25, 0.3) is 0 Å². The van der Waals surface area contributed by atoms with Crippen molar-refractivity contribution in [1.82, 2.24) is 9.97 Å². The van der Waals surface area contributed by atoms with Crippen LogP contribution in [-0.2, 0) is 24.0 Å². The molecule has 0 saturated carbocycles. The van der Waals surface area contributed by atoms with E-state index in [2.05, 4.69) is 14.2 Å². The molecule has 1 saturated heterocycles. The summed E-state index contributed by atoms with van der Waals surface area (Å²) < 4.78 is 37.7. The molecule has 112 valence electrons. The monoisotopic (exact) mass is 303 g/mol. The first-order valence-corrected chi connectivity index (χ1v) is 7.45. The van der Waals surface area contributed by atoms with Gasteiger partial charge in [-0.25, -0.2) is 15.1 Å². The summed E-state index contributed by atoms with van der Waals surface area (Å²) in [6.07, 6.45) is 2.09. The molecule has 9 heteroatoms. The van der Waals surface area contributed by atoms with E-state index in [9.17, 15) is 8.42 Å². The van der Waals surface area contributed by atoms with E-state index in [0.29, 0.717) is 11.4 Å². The fraction of sp³-hybridized carbons (Fsp3) is 0.636. The van der Waals surface area contributed by atoms with E-state index in [1.165, 1.54) is 0 Å². The molecule has 2 atom stereocenters. The molecule has 2 rings (SSSR count). The van der Waals surface area contributed by atoms with E-state index in [1.54, 1.807) is 33.2 Å². The van der Waals surface area contributed by atoms with Crippen LogP contribution < -0.4 is 5.14 Å². The molecule has 0 radical (unpaired) electrons. The Morgan fingerprint density at radius 3 is 2.50 bits per heavy atom. The van der Waals surface area contributed by atoms with Gasteiger partial charge in [0.15, 0.2) is 5.79 Å². The van der Waals surface area contributed by atoms with Crippen molar-refractivity contribution in [1.29, 1.82) is 0 Å². The summed E-state index contributed by atoms with van der Waals surface area (Å²) in [5.41, 5.74) is 0.684. The minimum absolute atomic E-state index is 0.235. The number of nitrogens with zero attached hydrogens (tertiary/aromatic N) is 2. The molecular weight excluding hydrogens is 286 g/mol.